The van der Waals surface area contributed by atoms with Gasteiger partial charge in [-0.2, -0.15) is 0 Å². The number of hydrogen-bond donors (Lipinski definition) is 2. The molecule has 3 rings (SSSR count). The fourth-order valence-corrected chi connectivity index (χ4v) is 3.71. The van der Waals surface area contributed by atoms with Crippen molar-refractivity contribution in [2.24, 2.45) is 7.05 Å². The van der Waals surface area contributed by atoms with Gasteiger partial charge >= 0.3 is 5.97 Å². The minimum Gasteiger partial charge on any atom is -0.459 e. The van der Waals surface area contributed by atoms with Crippen molar-refractivity contribution in [3.8, 4) is 0 Å². The van der Waals surface area contributed by atoms with Crippen molar-refractivity contribution in [1.82, 2.24) is 20.1 Å². The van der Waals surface area contributed by atoms with Crippen LogP contribution in [0, 0.1) is 10.1 Å². The molecule has 1 aromatic heterocycles. The van der Waals surface area contributed by atoms with E-state index in [0.29, 0.717) is 22.2 Å². The Morgan fingerprint density at radius 2 is 1.83 bits per heavy atom. The lowest BCUT2D eigenvalue weighted by Gasteiger charge is -2.10. The van der Waals surface area contributed by atoms with E-state index in [1.54, 1.807) is 43.7 Å². The second-order valence-corrected chi connectivity index (χ2v) is 8.76. The van der Waals surface area contributed by atoms with Gasteiger partial charge in [0.1, 0.15) is 0 Å². The molecule has 2 amide bonds. The highest BCUT2D eigenvalue weighted by Crippen LogP contribution is 2.18. The molecule has 188 valence electrons. The summed E-state index contributed by atoms with van der Waals surface area (Å²) in [5, 5.41) is 24.8. The van der Waals surface area contributed by atoms with Gasteiger partial charge in [-0.3, -0.25) is 19.7 Å². The lowest BCUT2D eigenvalue weighted by Crippen LogP contribution is -2.24. The third-order valence-electron chi connectivity index (χ3n) is 4.71. The van der Waals surface area contributed by atoms with E-state index in [2.05, 4.69) is 20.8 Å². The number of hydrogen-bond acceptors (Lipinski definition) is 9. The molecule has 3 aromatic rings. The molecular weight excluding hydrogens is 488 g/mol. The molecular formula is C23H24N6O6S. The number of thioether (sulfide) groups is 1. The molecule has 0 radical (unpaired) electrons. The van der Waals surface area contributed by atoms with Crippen LogP contribution in [0.5, 0.6) is 0 Å². The maximum Gasteiger partial charge on any atom is 0.338 e. The zero-order chi connectivity index (χ0) is 26.2. The van der Waals surface area contributed by atoms with Crippen molar-refractivity contribution in [2.45, 2.75) is 31.7 Å². The second-order valence-electron chi connectivity index (χ2n) is 7.82. The summed E-state index contributed by atoms with van der Waals surface area (Å²) in [6, 6.07) is 11.9. The van der Waals surface area contributed by atoms with Gasteiger partial charge < -0.3 is 19.9 Å². The first-order chi connectivity index (χ1) is 17.1. The van der Waals surface area contributed by atoms with Crippen molar-refractivity contribution < 1.29 is 24.0 Å². The number of nitro groups is 1. The van der Waals surface area contributed by atoms with Crippen LogP contribution in [0.2, 0.25) is 0 Å². The number of esters is 1. The third-order valence-corrected chi connectivity index (χ3v) is 5.73. The number of carbonyl (C=O) groups is 3. The zero-order valence-corrected chi connectivity index (χ0v) is 20.6. The van der Waals surface area contributed by atoms with Gasteiger partial charge in [-0.1, -0.05) is 23.9 Å². The van der Waals surface area contributed by atoms with Gasteiger partial charge in [0.05, 0.1) is 28.9 Å². The summed E-state index contributed by atoms with van der Waals surface area (Å²) in [4.78, 5) is 47.1. The van der Waals surface area contributed by atoms with E-state index in [0.717, 1.165) is 11.8 Å². The highest BCUT2D eigenvalue weighted by molar-refractivity contribution is 7.99. The Balaban J connectivity index is 1.53. The molecule has 0 aliphatic rings. The van der Waals surface area contributed by atoms with E-state index in [-0.39, 0.29) is 35.6 Å². The molecule has 0 fully saturated rings. The van der Waals surface area contributed by atoms with Gasteiger partial charge in [-0.25, -0.2) is 4.79 Å². The van der Waals surface area contributed by atoms with Crippen LogP contribution in [0.4, 0.5) is 11.4 Å². The molecule has 0 aliphatic carbocycles. The van der Waals surface area contributed by atoms with Gasteiger partial charge in [-0.05, 0) is 38.1 Å². The predicted octanol–water partition coefficient (Wildman–Crippen LogP) is 2.95. The van der Waals surface area contributed by atoms with E-state index in [4.69, 9.17) is 4.74 Å². The molecule has 13 heteroatoms. The van der Waals surface area contributed by atoms with Gasteiger partial charge in [0.15, 0.2) is 11.0 Å². The van der Waals surface area contributed by atoms with Crippen LogP contribution in [0.15, 0.2) is 53.7 Å². The largest absolute Gasteiger partial charge is 0.459 e. The third kappa shape index (κ3) is 7.12. The number of nitrogens with zero attached hydrogens (tertiary/aromatic N) is 4. The Labute approximate surface area is 210 Å². The van der Waals surface area contributed by atoms with Gasteiger partial charge in [-0.15, -0.1) is 10.2 Å². The van der Waals surface area contributed by atoms with Crippen LogP contribution in [-0.2, 0) is 23.1 Å². The highest BCUT2D eigenvalue weighted by Gasteiger charge is 2.15. The molecule has 0 spiro atoms. The Kier molecular flexibility index (Phi) is 8.73. The number of anilines is 1. The van der Waals surface area contributed by atoms with Crippen molar-refractivity contribution in [2.75, 3.05) is 11.1 Å². The Bertz CT molecular complexity index is 1290. The molecule has 36 heavy (non-hydrogen) atoms. The summed E-state index contributed by atoms with van der Waals surface area (Å²) in [6.07, 6.45) is -0.253. The number of aromatic nitrogens is 3. The lowest BCUT2D eigenvalue weighted by molar-refractivity contribution is -0.384. The normalized spacial score (nSPS) is 10.7. The maximum absolute atomic E-state index is 12.4. The Hall–Kier alpha value is -4.26. The minimum absolute atomic E-state index is 0.0344. The number of rotatable bonds is 10. The highest BCUT2D eigenvalue weighted by atomic mass is 32.2. The number of benzene rings is 2. The van der Waals surface area contributed by atoms with E-state index in [1.807, 2.05) is 0 Å². The first-order valence-electron chi connectivity index (χ1n) is 10.8. The smallest absolute Gasteiger partial charge is 0.338 e. The number of amides is 2. The van der Waals surface area contributed by atoms with Crippen LogP contribution in [0.25, 0.3) is 0 Å². The average Bonchev–Trinajstić information content (AvgIpc) is 3.20. The van der Waals surface area contributed by atoms with Crippen molar-refractivity contribution in [1.29, 1.82) is 0 Å². The van der Waals surface area contributed by atoms with Gasteiger partial charge in [0.25, 0.3) is 11.6 Å². The SMILES string of the molecule is CC(C)OC(=O)c1cccc(NC(=O)CSc2nnc(CNC(=O)c3cccc([N+](=O)[O-])c3)n2C)c1. The first kappa shape index (κ1) is 26.3. The van der Waals surface area contributed by atoms with E-state index < -0.39 is 16.8 Å². The maximum atomic E-state index is 12.4. The van der Waals surface area contributed by atoms with Crippen LogP contribution in [0.3, 0.4) is 0 Å². The fourth-order valence-electron chi connectivity index (χ4n) is 2.98. The van der Waals surface area contributed by atoms with E-state index in [1.165, 1.54) is 30.3 Å². The fraction of sp³-hybridized carbons (Fsp3) is 0.261. The monoisotopic (exact) mass is 512 g/mol. The number of non-ortho nitro benzene ring substituents is 1. The van der Waals surface area contributed by atoms with Gasteiger partial charge in [0, 0.05) is 30.4 Å². The summed E-state index contributed by atoms with van der Waals surface area (Å²) in [5.74, 6) is -0.799. The molecule has 0 bridgehead atoms. The van der Waals surface area contributed by atoms with E-state index >= 15 is 0 Å². The van der Waals surface area contributed by atoms with Crippen LogP contribution in [-0.4, -0.2) is 49.3 Å². The Morgan fingerprint density at radius 3 is 2.56 bits per heavy atom. The summed E-state index contributed by atoms with van der Waals surface area (Å²) >= 11 is 1.15. The predicted molar refractivity (Wildman–Crippen MR) is 132 cm³/mol. The number of carbonyl (C=O) groups excluding carboxylic acids is 3. The molecule has 0 atom stereocenters. The standard InChI is InChI=1S/C23H24N6O6S/c1-14(2)35-22(32)16-7-4-8-17(10-16)25-20(30)13-36-23-27-26-19(28(23)3)12-24-21(31)15-6-5-9-18(11-15)29(33)34/h4-11,14H,12-13H2,1-3H3,(H,24,31)(H,25,30). The number of ether oxygens (including phenoxy) is 1. The van der Waals surface area contributed by atoms with Crippen molar-refractivity contribution >= 4 is 40.9 Å². The molecule has 0 saturated carbocycles. The van der Waals surface area contributed by atoms with Gasteiger partial charge in [0.2, 0.25) is 5.91 Å². The van der Waals surface area contributed by atoms with Crippen molar-refractivity contribution in [3.05, 3.63) is 75.6 Å². The quantitative estimate of drug-likeness (QED) is 0.180. The second kappa shape index (κ2) is 11.9. The van der Waals surface area contributed by atoms with E-state index in [9.17, 15) is 24.5 Å². The summed E-state index contributed by atoms with van der Waals surface area (Å²) in [6.45, 7) is 3.55. The first-order valence-corrected chi connectivity index (χ1v) is 11.8. The summed E-state index contributed by atoms with van der Waals surface area (Å²) in [7, 11) is 1.69. The minimum atomic E-state index is -0.573. The summed E-state index contributed by atoms with van der Waals surface area (Å²) < 4.78 is 6.80. The number of nitrogens with one attached hydrogen (secondary N) is 2. The molecule has 12 nitrogen and oxygen atoms in total. The molecule has 2 N–H and O–H groups in total. The number of nitro benzene ring substituents is 1. The van der Waals surface area contributed by atoms with Crippen LogP contribution >= 0.6 is 11.8 Å². The topological polar surface area (TPSA) is 158 Å². The molecule has 0 saturated heterocycles. The lowest BCUT2D eigenvalue weighted by atomic mass is 10.2. The molecule has 0 aliphatic heterocycles. The zero-order valence-electron chi connectivity index (χ0n) is 19.8. The van der Waals surface area contributed by atoms with Crippen LogP contribution < -0.4 is 10.6 Å². The van der Waals surface area contributed by atoms with Crippen molar-refractivity contribution in [3.63, 3.8) is 0 Å². The average molecular weight is 513 g/mol. The molecule has 0 unspecified atom stereocenters. The molecule has 1 heterocycles. The van der Waals surface area contributed by atoms with Crippen LogP contribution in [0.1, 0.15) is 40.4 Å². The summed E-state index contributed by atoms with van der Waals surface area (Å²) in [5.41, 5.74) is 0.764. The Morgan fingerprint density at radius 1 is 1.11 bits per heavy atom. The molecule has 2 aromatic carbocycles.